The highest BCUT2D eigenvalue weighted by Crippen LogP contribution is 2.19. The summed E-state index contributed by atoms with van der Waals surface area (Å²) in [6.45, 7) is 6.28. The quantitative estimate of drug-likeness (QED) is 0.535. The maximum atomic E-state index is 12.8. The number of carbonyl (C=O) groups is 3. The van der Waals surface area contributed by atoms with E-state index < -0.39 is 0 Å². The second-order valence-corrected chi connectivity index (χ2v) is 10.5. The standard InChI is InChI=1S/C25H28N4O3S2/c1-17(2)18-5-7-19(8-6-18)24(32)29-11-9-28(10-12-29)23(31)14-20-16-34-25(26-20)27-22(30)15-21-4-3-13-33-21/h3-8,13,16-17H,9-12,14-15H2,1-2H3,(H,26,27,30). The fourth-order valence-corrected chi connectivity index (χ4v) is 5.23. The average molecular weight is 497 g/mol. The summed E-state index contributed by atoms with van der Waals surface area (Å²) >= 11 is 2.86. The molecule has 3 amide bonds. The molecule has 0 saturated carbocycles. The van der Waals surface area contributed by atoms with Gasteiger partial charge in [-0.05, 0) is 35.1 Å². The fourth-order valence-electron chi connectivity index (χ4n) is 3.80. The number of hydrogen-bond acceptors (Lipinski definition) is 6. The SMILES string of the molecule is CC(C)c1ccc(C(=O)N2CCN(C(=O)Cc3csc(NC(=O)Cc4cccs4)n3)CC2)cc1. The van der Waals surface area contributed by atoms with Gasteiger partial charge in [0.15, 0.2) is 5.13 Å². The van der Waals surface area contributed by atoms with Crippen LogP contribution in [0.1, 0.15) is 46.3 Å². The zero-order chi connectivity index (χ0) is 24.1. The zero-order valence-corrected chi connectivity index (χ0v) is 21.0. The molecule has 34 heavy (non-hydrogen) atoms. The van der Waals surface area contributed by atoms with E-state index in [-0.39, 0.29) is 24.1 Å². The highest BCUT2D eigenvalue weighted by atomic mass is 32.1. The van der Waals surface area contributed by atoms with E-state index in [0.717, 1.165) is 4.88 Å². The summed E-state index contributed by atoms with van der Waals surface area (Å²) in [5.41, 5.74) is 2.53. The highest BCUT2D eigenvalue weighted by Gasteiger charge is 2.25. The molecule has 1 saturated heterocycles. The molecular weight excluding hydrogens is 468 g/mol. The monoisotopic (exact) mass is 496 g/mol. The number of nitrogens with one attached hydrogen (secondary N) is 1. The van der Waals surface area contributed by atoms with Crippen LogP contribution in [0.25, 0.3) is 0 Å². The van der Waals surface area contributed by atoms with Crippen molar-refractivity contribution in [2.45, 2.75) is 32.6 Å². The number of nitrogens with zero attached hydrogens (tertiary/aromatic N) is 3. The van der Waals surface area contributed by atoms with Crippen LogP contribution >= 0.6 is 22.7 Å². The lowest BCUT2D eigenvalue weighted by Gasteiger charge is -2.34. The van der Waals surface area contributed by atoms with Gasteiger partial charge in [0.2, 0.25) is 11.8 Å². The van der Waals surface area contributed by atoms with Crippen molar-refractivity contribution >= 4 is 45.5 Å². The Hall–Kier alpha value is -3.04. The first-order valence-electron chi connectivity index (χ1n) is 11.3. The number of piperazine rings is 1. The molecule has 0 spiro atoms. The first-order valence-corrected chi connectivity index (χ1v) is 13.1. The van der Waals surface area contributed by atoms with E-state index in [1.165, 1.54) is 16.9 Å². The predicted molar refractivity (Wildman–Crippen MR) is 135 cm³/mol. The first kappa shape index (κ1) is 24.1. The first-order chi connectivity index (χ1) is 16.4. The van der Waals surface area contributed by atoms with Crippen molar-refractivity contribution in [2.24, 2.45) is 0 Å². The Morgan fingerprint density at radius 3 is 2.32 bits per heavy atom. The smallest absolute Gasteiger partial charge is 0.253 e. The number of anilines is 1. The number of thiazole rings is 1. The third-order valence-corrected chi connectivity index (χ3v) is 7.47. The predicted octanol–water partition coefficient (Wildman–Crippen LogP) is 4.04. The molecule has 1 aromatic carbocycles. The number of carbonyl (C=O) groups excluding carboxylic acids is 3. The molecular formula is C25H28N4O3S2. The van der Waals surface area contributed by atoms with E-state index in [9.17, 15) is 14.4 Å². The Kier molecular flexibility index (Phi) is 7.74. The van der Waals surface area contributed by atoms with Gasteiger partial charge in [-0.25, -0.2) is 4.98 Å². The van der Waals surface area contributed by atoms with E-state index >= 15 is 0 Å². The van der Waals surface area contributed by atoms with E-state index in [1.807, 2.05) is 41.8 Å². The molecule has 9 heteroatoms. The van der Waals surface area contributed by atoms with Gasteiger partial charge in [-0.3, -0.25) is 14.4 Å². The van der Waals surface area contributed by atoms with E-state index in [4.69, 9.17) is 0 Å². The molecule has 3 aromatic rings. The Morgan fingerprint density at radius 1 is 0.971 bits per heavy atom. The number of rotatable bonds is 7. The van der Waals surface area contributed by atoms with Gasteiger partial charge in [-0.2, -0.15) is 0 Å². The molecule has 1 aliphatic rings. The van der Waals surface area contributed by atoms with Crippen LogP contribution in [-0.4, -0.2) is 58.7 Å². The zero-order valence-electron chi connectivity index (χ0n) is 19.3. The molecule has 178 valence electrons. The average Bonchev–Trinajstić information content (AvgIpc) is 3.50. The Labute approximate surface area is 207 Å². The Bertz CT molecular complexity index is 1130. The lowest BCUT2D eigenvalue weighted by Crippen LogP contribution is -2.51. The minimum absolute atomic E-state index is 0.00448. The molecule has 1 aliphatic heterocycles. The van der Waals surface area contributed by atoms with Crippen molar-refractivity contribution in [1.82, 2.24) is 14.8 Å². The maximum absolute atomic E-state index is 12.8. The summed E-state index contributed by atoms with van der Waals surface area (Å²) in [6.07, 6.45) is 0.498. The largest absolute Gasteiger partial charge is 0.339 e. The summed E-state index contributed by atoms with van der Waals surface area (Å²) < 4.78 is 0. The number of thiophene rings is 1. The van der Waals surface area contributed by atoms with Gasteiger partial charge in [0.05, 0.1) is 18.5 Å². The van der Waals surface area contributed by atoms with E-state index in [2.05, 4.69) is 24.1 Å². The van der Waals surface area contributed by atoms with Crippen LogP contribution in [0.3, 0.4) is 0 Å². The molecule has 0 unspecified atom stereocenters. The van der Waals surface area contributed by atoms with E-state index in [0.29, 0.717) is 54.9 Å². The Balaban J connectivity index is 1.24. The van der Waals surface area contributed by atoms with Crippen LogP contribution < -0.4 is 5.32 Å². The van der Waals surface area contributed by atoms with Crippen LogP contribution in [0.15, 0.2) is 47.2 Å². The summed E-state index contributed by atoms with van der Waals surface area (Å²) in [7, 11) is 0. The molecule has 3 heterocycles. The molecule has 0 aliphatic carbocycles. The van der Waals surface area contributed by atoms with Gasteiger partial charge < -0.3 is 15.1 Å². The van der Waals surface area contributed by atoms with Crippen LogP contribution in [0, 0.1) is 0 Å². The summed E-state index contributed by atoms with van der Waals surface area (Å²) in [4.78, 5) is 46.7. The van der Waals surface area contributed by atoms with Crippen molar-refractivity contribution in [2.75, 3.05) is 31.5 Å². The molecule has 4 rings (SSSR count). The minimum Gasteiger partial charge on any atom is -0.339 e. The van der Waals surface area contributed by atoms with Gasteiger partial charge >= 0.3 is 0 Å². The summed E-state index contributed by atoms with van der Waals surface area (Å²) in [6, 6.07) is 11.6. The summed E-state index contributed by atoms with van der Waals surface area (Å²) in [5.74, 6) is 0.296. The van der Waals surface area contributed by atoms with Crippen LogP contribution in [0.2, 0.25) is 0 Å². The Morgan fingerprint density at radius 2 is 1.68 bits per heavy atom. The lowest BCUT2D eigenvalue weighted by atomic mass is 10.0. The number of hydrogen-bond donors (Lipinski definition) is 1. The van der Waals surface area contributed by atoms with Crippen LogP contribution in [0.4, 0.5) is 5.13 Å². The summed E-state index contributed by atoms with van der Waals surface area (Å²) in [5, 5.41) is 7.05. The van der Waals surface area contributed by atoms with Gasteiger partial charge in [0, 0.05) is 42.0 Å². The third kappa shape index (κ3) is 6.09. The fraction of sp³-hybridized carbons (Fsp3) is 0.360. The minimum atomic E-state index is -0.116. The highest BCUT2D eigenvalue weighted by molar-refractivity contribution is 7.14. The molecule has 1 fully saturated rings. The van der Waals surface area contributed by atoms with Crippen molar-refractivity contribution in [1.29, 1.82) is 0 Å². The third-order valence-electron chi connectivity index (χ3n) is 5.79. The van der Waals surface area contributed by atoms with E-state index in [1.54, 1.807) is 26.5 Å². The van der Waals surface area contributed by atoms with Crippen LogP contribution in [-0.2, 0) is 22.4 Å². The number of benzene rings is 1. The van der Waals surface area contributed by atoms with Crippen molar-refractivity contribution < 1.29 is 14.4 Å². The second-order valence-electron chi connectivity index (χ2n) is 8.57. The second kappa shape index (κ2) is 10.9. The molecule has 2 aromatic heterocycles. The molecule has 0 bridgehead atoms. The van der Waals surface area contributed by atoms with Crippen molar-refractivity contribution in [3.05, 3.63) is 68.9 Å². The van der Waals surface area contributed by atoms with Gasteiger partial charge in [0.1, 0.15) is 0 Å². The van der Waals surface area contributed by atoms with Gasteiger partial charge in [-0.15, -0.1) is 22.7 Å². The number of aromatic nitrogens is 1. The van der Waals surface area contributed by atoms with Crippen LogP contribution in [0.5, 0.6) is 0 Å². The maximum Gasteiger partial charge on any atom is 0.253 e. The number of amides is 3. The van der Waals surface area contributed by atoms with Gasteiger partial charge in [0.25, 0.3) is 5.91 Å². The van der Waals surface area contributed by atoms with Gasteiger partial charge in [-0.1, -0.05) is 32.0 Å². The van der Waals surface area contributed by atoms with Crippen molar-refractivity contribution in [3.8, 4) is 0 Å². The topological polar surface area (TPSA) is 82.6 Å². The normalized spacial score (nSPS) is 13.9. The molecule has 1 N–H and O–H groups in total. The lowest BCUT2D eigenvalue weighted by molar-refractivity contribution is -0.132. The van der Waals surface area contributed by atoms with Crippen molar-refractivity contribution in [3.63, 3.8) is 0 Å². The molecule has 7 nitrogen and oxygen atoms in total. The molecule has 0 atom stereocenters. The molecule has 0 radical (unpaired) electrons.